The molecule has 0 bridgehead atoms. The minimum absolute atomic E-state index is 0.106. The fourth-order valence-electron chi connectivity index (χ4n) is 4.45. The molecule has 7 nitrogen and oxygen atoms in total. The molecule has 0 N–H and O–H groups in total. The molecule has 3 heterocycles. The summed E-state index contributed by atoms with van der Waals surface area (Å²) in [6.45, 7) is 5.64. The second-order valence-electron chi connectivity index (χ2n) is 8.37. The highest BCUT2D eigenvalue weighted by Crippen LogP contribution is 2.47. The van der Waals surface area contributed by atoms with Crippen molar-refractivity contribution in [3.05, 3.63) is 52.2 Å². The number of amides is 1. The lowest BCUT2D eigenvalue weighted by molar-refractivity contribution is -0.136. The van der Waals surface area contributed by atoms with Crippen LogP contribution in [0.2, 0.25) is 0 Å². The fourth-order valence-corrected chi connectivity index (χ4v) is 5.42. The summed E-state index contributed by atoms with van der Waals surface area (Å²) in [6.07, 6.45) is 2.34. The van der Waals surface area contributed by atoms with Gasteiger partial charge in [0.05, 0.1) is 38.0 Å². The lowest BCUT2D eigenvalue weighted by atomic mass is 9.93. The number of hydrogen-bond acceptors (Lipinski definition) is 7. The third-order valence-electron chi connectivity index (χ3n) is 6.31. The molecule has 170 valence electrons. The number of thioether (sulfide) groups is 1. The van der Waals surface area contributed by atoms with Gasteiger partial charge in [0.2, 0.25) is 5.91 Å². The Balaban J connectivity index is 1.69. The number of esters is 1. The van der Waals surface area contributed by atoms with Crippen molar-refractivity contribution in [1.82, 2.24) is 9.80 Å². The van der Waals surface area contributed by atoms with Crippen LogP contribution in [0.3, 0.4) is 0 Å². The van der Waals surface area contributed by atoms with Gasteiger partial charge in [-0.1, -0.05) is 36.9 Å². The monoisotopic (exact) mass is 455 g/mol. The van der Waals surface area contributed by atoms with Crippen molar-refractivity contribution in [3.63, 3.8) is 0 Å². The van der Waals surface area contributed by atoms with E-state index in [-0.39, 0.29) is 12.3 Å². The predicted molar refractivity (Wildman–Crippen MR) is 125 cm³/mol. The van der Waals surface area contributed by atoms with E-state index in [9.17, 15) is 9.59 Å². The maximum Gasteiger partial charge on any atom is 0.338 e. The van der Waals surface area contributed by atoms with Crippen molar-refractivity contribution in [3.8, 4) is 5.75 Å². The number of hydrogen-bond donors (Lipinski definition) is 0. The molecule has 32 heavy (non-hydrogen) atoms. The molecule has 0 radical (unpaired) electrons. The highest BCUT2D eigenvalue weighted by Gasteiger charge is 2.42. The van der Waals surface area contributed by atoms with E-state index in [1.807, 2.05) is 46.4 Å². The smallest absolute Gasteiger partial charge is 0.338 e. The molecular weight excluding hydrogens is 426 g/mol. The summed E-state index contributed by atoms with van der Waals surface area (Å²) in [5.74, 6) is 0.996. The first-order valence-corrected chi connectivity index (χ1v) is 11.8. The van der Waals surface area contributed by atoms with Crippen molar-refractivity contribution in [2.45, 2.75) is 39.2 Å². The van der Waals surface area contributed by atoms with E-state index in [0.29, 0.717) is 22.9 Å². The number of methoxy groups -OCH3 is 2. The maximum atomic E-state index is 13.1. The SMILES string of the molecule is COC(=O)C1=C(C)N=C2SC=C(CC(=O)N3CCC(C)CC3)N2C1c1ccccc1OC. The summed E-state index contributed by atoms with van der Waals surface area (Å²) in [4.78, 5) is 34.6. The first-order chi connectivity index (χ1) is 15.4. The minimum atomic E-state index is -0.485. The number of ether oxygens (including phenoxy) is 2. The van der Waals surface area contributed by atoms with Gasteiger partial charge in [-0.15, -0.1) is 0 Å². The quantitative estimate of drug-likeness (QED) is 0.623. The molecule has 1 saturated heterocycles. The number of fused-ring (bicyclic) bond motifs is 1. The first-order valence-electron chi connectivity index (χ1n) is 10.9. The van der Waals surface area contributed by atoms with E-state index in [4.69, 9.17) is 9.47 Å². The molecule has 0 aliphatic carbocycles. The van der Waals surface area contributed by atoms with Crippen LogP contribution in [0.1, 0.15) is 44.7 Å². The Bertz CT molecular complexity index is 1010. The van der Waals surface area contributed by atoms with Crippen LogP contribution in [0.15, 0.2) is 51.6 Å². The number of rotatable bonds is 5. The van der Waals surface area contributed by atoms with Crippen LogP contribution in [0, 0.1) is 5.92 Å². The highest BCUT2D eigenvalue weighted by molar-refractivity contribution is 8.16. The second-order valence-corrected chi connectivity index (χ2v) is 9.20. The Morgan fingerprint density at radius 2 is 1.91 bits per heavy atom. The molecule has 3 aliphatic rings. The zero-order valence-electron chi connectivity index (χ0n) is 19.0. The predicted octanol–water partition coefficient (Wildman–Crippen LogP) is 4.09. The Labute approximate surface area is 193 Å². The molecule has 1 aromatic carbocycles. The average molecular weight is 456 g/mol. The molecule has 1 aromatic rings. The number of aliphatic imine (C=N–C) groups is 1. The van der Waals surface area contributed by atoms with Gasteiger partial charge < -0.3 is 19.3 Å². The number of piperidine rings is 1. The topological polar surface area (TPSA) is 71.4 Å². The van der Waals surface area contributed by atoms with Gasteiger partial charge in [0.25, 0.3) is 0 Å². The molecule has 1 amide bonds. The molecular formula is C24H29N3O4S. The standard InChI is InChI=1S/C24H29N3O4S/c1-15-9-11-26(12-10-15)20(28)13-17-14-32-24-25-16(2)21(23(29)31-4)22(27(17)24)18-7-5-6-8-19(18)30-3/h5-8,14-15,22H,9-13H2,1-4H3. The van der Waals surface area contributed by atoms with E-state index in [1.165, 1.54) is 18.9 Å². The van der Waals surface area contributed by atoms with Gasteiger partial charge in [-0.05, 0) is 37.2 Å². The number of nitrogens with zero attached hydrogens (tertiary/aromatic N) is 3. The van der Waals surface area contributed by atoms with Crippen molar-refractivity contribution < 1.29 is 19.1 Å². The van der Waals surface area contributed by atoms with Gasteiger partial charge >= 0.3 is 5.97 Å². The summed E-state index contributed by atoms with van der Waals surface area (Å²) < 4.78 is 10.7. The van der Waals surface area contributed by atoms with E-state index >= 15 is 0 Å². The van der Waals surface area contributed by atoms with Gasteiger partial charge in [-0.2, -0.15) is 0 Å². The van der Waals surface area contributed by atoms with Crippen LogP contribution in [0.5, 0.6) is 5.75 Å². The van der Waals surface area contributed by atoms with Gasteiger partial charge in [0.1, 0.15) is 5.75 Å². The molecule has 4 rings (SSSR count). The second kappa shape index (κ2) is 9.40. The Morgan fingerprint density at radius 1 is 1.19 bits per heavy atom. The minimum Gasteiger partial charge on any atom is -0.496 e. The first kappa shape index (κ1) is 22.5. The third-order valence-corrected chi connectivity index (χ3v) is 7.20. The zero-order valence-corrected chi connectivity index (χ0v) is 19.8. The zero-order chi connectivity index (χ0) is 22.8. The Morgan fingerprint density at radius 3 is 2.59 bits per heavy atom. The maximum absolute atomic E-state index is 13.1. The van der Waals surface area contributed by atoms with Gasteiger partial charge in [-0.3, -0.25) is 4.79 Å². The molecule has 1 atom stereocenters. The van der Waals surface area contributed by atoms with Crippen LogP contribution in [-0.4, -0.2) is 54.2 Å². The largest absolute Gasteiger partial charge is 0.496 e. The lowest BCUT2D eigenvalue weighted by Crippen LogP contribution is -2.41. The molecule has 0 aromatic heterocycles. The number of carbonyl (C=O) groups is 2. The summed E-state index contributed by atoms with van der Waals surface area (Å²) in [6, 6.07) is 7.14. The number of allylic oxidation sites excluding steroid dienone is 1. The van der Waals surface area contributed by atoms with Crippen molar-refractivity contribution in [1.29, 1.82) is 0 Å². The molecule has 3 aliphatic heterocycles. The van der Waals surface area contributed by atoms with Crippen LogP contribution >= 0.6 is 11.8 Å². The van der Waals surface area contributed by atoms with Crippen LogP contribution in [0.4, 0.5) is 0 Å². The Kier molecular flexibility index (Phi) is 6.60. The summed E-state index contributed by atoms with van der Waals surface area (Å²) in [5.41, 5.74) is 2.72. The van der Waals surface area contributed by atoms with Crippen LogP contribution in [0.25, 0.3) is 0 Å². The van der Waals surface area contributed by atoms with Crippen molar-refractivity contribution in [2.24, 2.45) is 10.9 Å². The van der Waals surface area contributed by atoms with Crippen LogP contribution in [-0.2, 0) is 14.3 Å². The molecule has 0 spiro atoms. The summed E-state index contributed by atoms with van der Waals surface area (Å²) in [5, 5.41) is 2.72. The number of benzene rings is 1. The van der Waals surface area contributed by atoms with E-state index in [0.717, 1.165) is 42.4 Å². The number of likely N-dealkylation sites (tertiary alicyclic amines) is 1. The number of amidine groups is 1. The van der Waals surface area contributed by atoms with Crippen molar-refractivity contribution in [2.75, 3.05) is 27.3 Å². The summed E-state index contributed by atoms with van der Waals surface area (Å²) in [7, 11) is 2.99. The van der Waals surface area contributed by atoms with Crippen LogP contribution < -0.4 is 4.74 Å². The van der Waals surface area contributed by atoms with Gasteiger partial charge in [0, 0.05) is 24.4 Å². The summed E-state index contributed by atoms with van der Waals surface area (Å²) >= 11 is 1.48. The normalized spacial score (nSPS) is 21.2. The number of carbonyl (C=O) groups excluding carboxylic acids is 2. The van der Waals surface area contributed by atoms with Gasteiger partial charge in [0.15, 0.2) is 5.17 Å². The molecule has 8 heteroatoms. The number of para-hydroxylation sites is 1. The molecule has 1 unspecified atom stereocenters. The highest BCUT2D eigenvalue weighted by atomic mass is 32.2. The van der Waals surface area contributed by atoms with E-state index < -0.39 is 12.0 Å². The molecule has 1 fully saturated rings. The van der Waals surface area contributed by atoms with E-state index in [1.54, 1.807) is 7.11 Å². The lowest BCUT2D eigenvalue weighted by Gasteiger charge is -2.37. The average Bonchev–Trinajstić information content (AvgIpc) is 3.19. The Hall–Kier alpha value is -2.74. The van der Waals surface area contributed by atoms with Crippen molar-refractivity contribution >= 4 is 28.8 Å². The van der Waals surface area contributed by atoms with Gasteiger partial charge in [-0.25, -0.2) is 9.79 Å². The third kappa shape index (κ3) is 4.16. The fraction of sp³-hybridized carbons (Fsp3) is 0.458. The molecule has 0 saturated carbocycles. The van der Waals surface area contributed by atoms with E-state index in [2.05, 4.69) is 11.9 Å².